The first-order valence-corrected chi connectivity index (χ1v) is 9.44. The van der Waals surface area contributed by atoms with Gasteiger partial charge in [-0.05, 0) is 79.6 Å². The molecule has 0 heterocycles. The van der Waals surface area contributed by atoms with Gasteiger partial charge in [0.1, 0.15) is 5.75 Å². The van der Waals surface area contributed by atoms with Crippen LogP contribution in [0.2, 0.25) is 0 Å². The zero-order valence-electron chi connectivity index (χ0n) is 17.1. The van der Waals surface area contributed by atoms with Crippen molar-refractivity contribution in [2.75, 3.05) is 12.4 Å². The van der Waals surface area contributed by atoms with E-state index in [0.717, 1.165) is 16.9 Å². The van der Waals surface area contributed by atoms with Crippen LogP contribution in [0.4, 0.5) is 5.69 Å². The molecule has 0 radical (unpaired) electrons. The van der Waals surface area contributed by atoms with Gasteiger partial charge in [-0.3, -0.25) is 9.59 Å². The number of carbonyl (C=O) groups is 2. The quantitative estimate of drug-likeness (QED) is 0.474. The van der Waals surface area contributed by atoms with Gasteiger partial charge in [0.15, 0.2) is 0 Å². The average molecular weight is 401 g/mol. The van der Waals surface area contributed by atoms with Gasteiger partial charge in [-0.25, -0.2) is 5.43 Å². The lowest BCUT2D eigenvalue weighted by Gasteiger charge is -2.08. The topological polar surface area (TPSA) is 79.8 Å². The highest BCUT2D eigenvalue weighted by molar-refractivity contribution is 6.05. The molecule has 0 aliphatic heterocycles. The fraction of sp³-hybridized carbons (Fsp3) is 0.125. The van der Waals surface area contributed by atoms with Crippen LogP contribution in [0.15, 0.2) is 77.9 Å². The molecule has 0 saturated heterocycles. The van der Waals surface area contributed by atoms with Crippen molar-refractivity contribution in [1.29, 1.82) is 0 Å². The number of ether oxygens (including phenoxy) is 1. The summed E-state index contributed by atoms with van der Waals surface area (Å²) in [5, 5.41) is 6.99. The van der Waals surface area contributed by atoms with Crippen LogP contribution in [0.3, 0.4) is 0 Å². The van der Waals surface area contributed by atoms with E-state index >= 15 is 0 Å². The van der Waals surface area contributed by atoms with Crippen LogP contribution >= 0.6 is 0 Å². The maximum absolute atomic E-state index is 12.4. The molecule has 6 heteroatoms. The Morgan fingerprint density at radius 3 is 2.10 bits per heavy atom. The average Bonchev–Trinajstić information content (AvgIpc) is 2.78. The summed E-state index contributed by atoms with van der Waals surface area (Å²) in [5.41, 5.74) is 6.67. The summed E-state index contributed by atoms with van der Waals surface area (Å²) >= 11 is 0. The first kappa shape index (κ1) is 20.8. The summed E-state index contributed by atoms with van der Waals surface area (Å²) in [6.45, 7) is 3.70. The Balaban J connectivity index is 1.61. The molecule has 0 unspecified atom stereocenters. The molecule has 0 spiro atoms. The van der Waals surface area contributed by atoms with Gasteiger partial charge >= 0.3 is 0 Å². The summed E-state index contributed by atoms with van der Waals surface area (Å²) < 4.78 is 5.13. The number of hydrogen-bond donors (Lipinski definition) is 2. The van der Waals surface area contributed by atoms with Gasteiger partial charge in [-0.1, -0.05) is 18.2 Å². The highest BCUT2D eigenvalue weighted by atomic mass is 16.5. The minimum absolute atomic E-state index is 0.190. The molecule has 3 aromatic rings. The van der Waals surface area contributed by atoms with Gasteiger partial charge in [0.25, 0.3) is 11.8 Å². The molecule has 0 aromatic heterocycles. The van der Waals surface area contributed by atoms with Gasteiger partial charge in [0.2, 0.25) is 0 Å². The lowest BCUT2D eigenvalue weighted by molar-refractivity contribution is 0.0954. The molecule has 2 amide bonds. The fourth-order valence-electron chi connectivity index (χ4n) is 2.83. The number of hydrogen-bond acceptors (Lipinski definition) is 4. The maximum Gasteiger partial charge on any atom is 0.271 e. The number of aryl methyl sites for hydroxylation is 1. The molecule has 0 aliphatic carbocycles. The predicted molar refractivity (Wildman–Crippen MR) is 118 cm³/mol. The van der Waals surface area contributed by atoms with Crippen LogP contribution in [0.1, 0.15) is 38.8 Å². The Bertz CT molecular complexity index is 1070. The number of benzene rings is 3. The largest absolute Gasteiger partial charge is 0.497 e. The molecule has 0 saturated carbocycles. The zero-order valence-corrected chi connectivity index (χ0v) is 17.1. The van der Waals surface area contributed by atoms with Crippen molar-refractivity contribution in [3.63, 3.8) is 0 Å². The number of nitrogens with one attached hydrogen (secondary N) is 2. The van der Waals surface area contributed by atoms with Gasteiger partial charge in [-0.2, -0.15) is 5.10 Å². The molecule has 0 aliphatic rings. The molecule has 3 aromatic carbocycles. The van der Waals surface area contributed by atoms with E-state index in [2.05, 4.69) is 15.8 Å². The van der Waals surface area contributed by atoms with Crippen LogP contribution in [0.5, 0.6) is 5.75 Å². The predicted octanol–water partition coefficient (Wildman–Crippen LogP) is 4.41. The standard InChI is InChI=1S/C24H23N3O3/c1-16-6-4-5-7-22(16)24(29)25-20-12-8-19(9-13-20)23(28)27-26-17(2)18-10-14-21(30-3)15-11-18/h4-15H,1-3H3,(H,25,29)(H,27,28)/b26-17+. The van der Waals surface area contributed by atoms with E-state index < -0.39 is 0 Å². The number of nitrogens with zero attached hydrogens (tertiary/aromatic N) is 1. The van der Waals surface area contributed by atoms with Crippen LogP contribution < -0.4 is 15.5 Å². The SMILES string of the molecule is COc1ccc(/C(C)=N/NC(=O)c2ccc(NC(=O)c3ccccc3C)cc2)cc1. The zero-order chi connectivity index (χ0) is 21.5. The Kier molecular flexibility index (Phi) is 6.60. The van der Waals surface area contributed by atoms with Crippen molar-refractivity contribution >= 4 is 23.2 Å². The van der Waals surface area contributed by atoms with Gasteiger partial charge in [0, 0.05) is 16.8 Å². The van der Waals surface area contributed by atoms with E-state index in [9.17, 15) is 9.59 Å². The number of amides is 2. The number of anilines is 1. The number of carbonyl (C=O) groups excluding carboxylic acids is 2. The molecule has 6 nitrogen and oxygen atoms in total. The van der Waals surface area contributed by atoms with Crippen molar-refractivity contribution < 1.29 is 14.3 Å². The molecule has 0 fully saturated rings. The first-order chi connectivity index (χ1) is 14.5. The first-order valence-electron chi connectivity index (χ1n) is 9.44. The third kappa shape index (κ3) is 5.11. The van der Waals surface area contributed by atoms with E-state index in [1.165, 1.54) is 0 Å². The number of rotatable bonds is 6. The highest BCUT2D eigenvalue weighted by Gasteiger charge is 2.10. The van der Waals surface area contributed by atoms with Gasteiger partial charge in [0.05, 0.1) is 12.8 Å². The van der Waals surface area contributed by atoms with E-state index in [0.29, 0.717) is 22.5 Å². The lowest BCUT2D eigenvalue weighted by atomic mass is 10.1. The van der Waals surface area contributed by atoms with Crippen LogP contribution in [0, 0.1) is 6.92 Å². The normalized spacial score (nSPS) is 11.0. The van der Waals surface area contributed by atoms with Crippen molar-refractivity contribution in [3.8, 4) is 5.75 Å². The number of methoxy groups -OCH3 is 1. The molecule has 152 valence electrons. The molecule has 0 bridgehead atoms. The second-order valence-electron chi connectivity index (χ2n) is 6.71. The Morgan fingerprint density at radius 1 is 0.833 bits per heavy atom. The van der Waals surface area contributed by atoms with E-state index in [4.69, 9.17) is 4.74 Å². The lowest BCUT2D eigenvalue weighted by Crippen LogP contribution is -2.19. The van der Waals surface area contributed by atoms with Gasteiger partial charge in [-0.15, -0.1) is 0 Å². The van der Waals surface area contributed by atoms with E-state index in [1.807, 2.05) is 56.3 Å². The third-order valence-electron chi connectivity index (χ3n) is 4.63. The van der Waals surface area contributed by atoms with Gasteiger partial charge < -0.3 is 10.1 Å². The molecule has 30 heavy (non-hydrogen) atoms. The molecule has 2 N–H and O–H groups in total. The van der Waals surface area contributed by atoms with Crippen LogP contribution in [-0.4, -0.2) is 24.6 Å². The minimum atomic E-state index is -0.334. The summed E-state index contributed by atoms with van der Waals surface area (Å²) in [6.07, 6.45) is 0. The molecule has 0 atom stereocenters. The summed E-state index contributed by atoms with van der Waals surface area (Å²) in [4.78, 5) is 24.7. The van der Waals surface area contributed by atoms with Crippen molar-refractivity contribution in [3.05, 3.63) is 95.1 Å². The van der Waals surface area contributed by atoms with E-state index in [-0.39, 0.29) is 11.8 Å². The van der Waals surface area contributed by atoms with Crippen LogP contribution in [0.25, 0.3) is 0 Å². The van der Waals surface area contributed by atoms with Crippen molar-refractivity contribution in [2.24, 2.45) is 5.10 Å². The maximum atomic E-state index is 12.4. The highest BCUT2D eigenvalue weighted by Crippen LogP contribution is 2.14. The van der Waals surface area contributed by atoms with E-state index in [1.54, 1.807) is 37.4 Å². The summed E-state index contributed by atoms with van der Waals surface area (Å²) in [7, 11) is 1.61. The summed E-state index contributed by atoms with van der Waals surface area (Å²) in [5.74, 6) is 0.231. The Hall–Kier alpha value is -3.93. The summed E-state index contributed by atoms with van der Waals surface area (Å²) in [6, 6.07) is 21.4. The molecular formula is C24H23N3O3. The smallest absolute Gasteiger partial charge is 0.271 e. The second kappa shape index (κ2) is 9.52. The minimum Gasteiger partial charge on any atom is -0.497 e. The Labute approximate surface area is 175 Å². The fourth-order valence-corrected chi connectivity index (χ4v) is 2.83. The third-order valence-corrected chi connectivity index (χ3v) is 4.63. The monoisotopic (exact) mass is 401 g/mol. The van der Waals surface area contributed by atoms with Crippen molar-refractivity contribution in [2.45, 2.75) is 13.8 Å². The van der Waals surface area contributed by atoms with Crippen molar-refractivity contribution in [1.82, 2.24) is 5.43 Å². The Morgan fingerprint density at radius 2 is 1.47 bits per heavy atom. The second-order valence-corrected chi connectivity index (χ2v) is 6.71. The molecular weight excluding hydrogens is 378 g/mol. The van der Waals surface area contributed by atoms with Crippen LogP contribution in [-0.2, 0) is 0 Å². The molecule has 3 rings (SSSR count). The number of hydrazone groups is 1.